The minimum absolute atomic E-state index is 0.173. The number of thiazole rings is 1. The molecule has 6 heteroatoms. The van der Waals surface area contributed by atoms with Crippen molar-refractivity contribution < 1.29 is 4.79 Å². The fourth-order valence-corrected chi connectivity index (χ4v) is 3.68. The maximum atomic E-state index is 12.2. The number of hydrogen-bond donors (Lipinski definition) is 2. The van der Waals surface area contributed by atoms with Crippen molar-refractivity contribution in [3.8, 4) is 0 Å². The highest BCUT2D eigenvalue weighted by molar-refractivity contribution is 7.98. The average molecular weight is 343 g/mol. The number of hydrazine groups is 1. The Hall–Kier alpha value is -2.05. The lowest BCUT2D eigenvalue weighted by atomic mass is 10.1. The molecule has 0 aliphatic heterocycles. The quantitative estimate of drug-likeness (QED) is 0.545. The molecule has 2 aromatic carbocycles. The molecule has 2 N–H and O–H groups in total. The lowest BCUT2D eigenvalue weighted by molar-refractivity contribution is 0.0962. The van der Waals surface area contributed by atoms with Gasteiger partial charge in [0.2, 0.25) is 5.13 Å². The fraction of sp³-hybridized carbons (Fsp3) is 0.176. The molecule has 0 aliphatic rings. The van der Waals surface area contributed by atoms with Crippen LogP contribution in [0.1, 0.15) is 21.5 Å². The van der Waals surface area contributed by atoms with E-state index in [1.54, 1.807) is 29.2 Å². The summed E-state index contributed by atoms with van der Waals surface area (Å²) in [5.41, 5.74) is 9.57. The highest BCUT2D eigenvalue weighted by Gasteiger charge is 2.10. The van der Waals surface area contributed by atoms with Crippen LogP contribution in [0.4, 0.5) is 5.13 Å². The van der Waals surface area contributed by atoms with Gasteiger partial charge >= 0.3 is 0 Å². The van der Waals surface area contributed by atoms with Crippen LogP contribution >= 0.6 is 23.1 Å². The molecule has 0 saturated carbocycles. The van der Waals surface area contributed by atoms with Crippen LogP contribution in [-0.4, -0.2) is 17.1 Å². The van der Waals surface area contributed by atoms with Crippen LogP contribution in [0, 0.1) is 13.8 Å². The molecular formula is C17H17N3OS2. The molecule has 23 heavy (non-hydrogen) atoms. The molecule has 0 saturated heterocycles. The first-order valence-electron chi connectivity index (χ1n) is 7.15. The van der Waals surface area contributed by atoms with Gasteiger partial charge in [0.1, 0.15) is 0 Å². The Morgan fingerprint density at radius 3 is 2.70 bits per heavy atom. The molecule has 0 fully saturated rings. The summed E-state index contributed by atoms with van der Waals surface area (Å²) in [5, 5.41) is 0.687. The summed E-state index contributed by atoms with van der Waals surface area (Å²) in [6, 6.07) is 11.7. The zero-order chi connectivity index (χ0) is 16.4. The van der Waals surface area contributed by atoms with Crippen molar-refractivity contribution in [2.24, 2.45) is 0 Å². The van der Waals surface area contributed by atoms with E-state index in [4.69, 9.17) is 0 Å². The lowest BCUT2D eigenvalue weighted by Crippen LogP contribution is -2.29. The van der Waals surface area contributed by atoms with E-state index in [-0.39, 0.29) is 5.91 Å². The second kappa shape index (κ2) is 6.60. The summed E-state index contributed by atoms with van der Waals surface area (Å²) in [6.07, 6.45) is 1.99. The molecule has 3 aromatic rings. The number of anilines is 1. The summed E-state index contributed by atoms with van der Waals surface area (Å²) in [4.78, 5) is 17.8. The van der Waals surface area contributed by atoms with Crippen LogP contribution in [0.5, 0.6) is 0 Å². The highest BCUT2D eigenvalue weighted by Crippen LogP contribution is 2.30. The molecule has 0 spiro atoms. The molecule has 118 valence electrons. The van der Waals surface area contributed by atoms with Crippen LogP contribution in [0.2, 0.25) is 0 Å². The Morgan fingerprint density at radius 1 is 1.17 bits per heavy atom. The number of carbonyl (C=O) groups excluding carboxylic acids is 1. The number of hydrogen-bond acceptors (Lipinski definition) is 5. The van der Waals surface area contributed by atoms with E-state index >= 15 is 0 Å². The van der Waals surface area contributed by atoms with Gasteiger partial charge in [0.25, 0.3) is 5.91 Å². The second-order valence-corrected chi connectivity index (χ2v) is 7.09. The average Bonchev–Trinajstić information content (AvgIpc) is 3.02. The van der Waals surface area contributed by atoms with Gasteiger partial charge in [0.15, 0.2) is 0 Å². The number of aryl methyl sites for hydroxylation is 2. The SMILES string of the molecule is CSc1cccc(C(=O)NNc2nc3c(C)ccc(C)c3s2)c1. The molecule has 0 bridgehead atoms. The van der Waals surface area contributed by atoms with Gasteiger partial charge in [-0.3, -0.25) is 15.6 Å². The second-order valence-electron chi connectivity index (χ2n) is 5.21. The van der Waals surface area contributed by atoms with Gasteiger partial charge in [-0.1, -0.05) is 29.5 Å². The molecule has 1 aromatic heterocycles. The predicted molar refractivity (Wildman–Crippen MR) is 98.4 cm³/mol. The number of aromatic nitrogens is 1. The summed E-state index contributed by atoms with van der Waals surface area (Å²) in [7, 11) is 0. The minimum Gasteiger partial charge on any atom is -0.273 e. The van der Waals surface area contributed by atoms with Crippen LogP contribution in [0.3, 0.4) is 0 Å². The summed E-state index contributed by atoms with van der Waals surface area (Å²) < 4.78 is 1.14. The zero-order valence-electron chi connectivity index (χ0n) is 13.1. The first-order valence-corrected chi connectivity index (χ1v) is 9.20. The van der Waals surface area contributed by atoms with Crippen molar-refractivity contribution in [2.75, 3.05) is 11.7 Å². The fourth-order valence-electron chi connectivity index (χ4n) is 2.26. The molecule has 1 heterocycles. The molecule has 0 aliphatic carbocycles. The lowest BCUT2D eigenvalue weighted by Gasteiger charge is -2.06. The van der Waals surface area contributed by atoms with Gasteiger partial charge in [0, 0.05) is 10.5 Å². The summed E-state index contributed by atoms with van der Waals surface area (Å²) in [6.45, 7) is 4.11. The van der Waals surface area contributed by atoms with Crippen molar-refractivity contribution in [1.82, 2.24) is 10.4 Å². The predicted octanol–water partition coefficient (Wildman–Crippen LogP) is 4.39. The van der Waals surface area contributed by atoms with E-state index in [1.165, 1.54) is 5.56 Å². The topological polar surface area (TPSA) is 54.0 Å². The first kappa shape index (κ1) is 15.8. The van der Waals surface area contributed by atoms with Crippen molar-refractivity contribution in [3.05, 3.63) is 53.1 Å². The van der Waals surface area contributed by atoms with Crippen LogP contribution in [0.25, 0.3) is 10.2 Å². The number of benzene rings is 2. The smallest absolute Gasteiger partial charge is 0.269 e. The third-order valence-electron chi connectivity index (χ3n) is 3.56. The summed E-state index contributed by atoms with van der Waals surface area (Å²) in [5.74, 6) is -0.173. The van der Waals surface area contributed by atoms with Crippen LogP contribution in [-0.2, 0) is 0 Å². The van der Waals surface area contributed by atoms with Gasteiger partial charge in [-0.15, -0.1) is 11.8 Å². The van der Waals surface area contributed by atoms with E-state index in [2.05, 4.69) is 34.9 Å². The third-order valence-corrected chi connectivity index (χ3v) is 5.39. The molecular weight excluding hydrogens is 326 g/mol. The number of rotatable bonds is 4. The first-order chi connectivity index (χ1) is 11.1. The Morgan fingerprint density at radius 2 is 1.96 bits per heavy atom. The van der Waals surface area contributed by atoms with Gasteiger partial charge in [-0.25, -0.2) is 4.98 Å². The van der Waals surface area contributed by atoms with E-state index in [0.29, 0.717) is 10.7 Å². The number of nitrogens with one attached hydrogen (secondary N) is 2. The minimum atomic E-state index is -0.173. The third kappa shape index (κ3) is 3.33. The van der Waals surface area contributed by atoms with Gasteiger partial charge in [0.05, 0.1) is 10.2 Å². The maximum absolute atomic E-state index is 12.2. The largest absolute Gasteiger partial charge is 0.273 e. The number of carbonyl (C=O) groups is 1. The van der Waals surface area contributed by atoms with Crippen molar-refractivity contribution in [1.29, 1.82) is 0 Å². The molecule has 0 unspecified atom stereocenters. The molecule has 3 rings (SSSR count). The van der Waals surface area contributed by atoms with E-state index in [0.717, 1.165) is 20.7 Å². The molecule has 0 radical (unpaired) electrons. The zero-order valence-corrected chi connectivity index (χ0v) is 14.8. The molecule has 1 amide bonds. The van der Waals surface area contributed by atoms with Gasteiger partial charge < -0.3 is 0 Å². The van der Waals surface area contributed by atoms with E-state index < -0.39 is 0 Å². The standard InChI is InChI=1S/C17H17N3OS2/c1-10-7-8-11(2)15-14(10)18-17(23-15)20-19-16(21)12-5-4-6-13(9-12)22-3/h4-9H,1-3H3,(H,18,20)(H,19,21). The molecule has 0 atom stereocenters. The number of fused-ring (bicyclic) bond motifs is 1. The summed E-state index contributed by atoms with van der Waals surface area (Å²) >= 11 is 3.15. The maximum Gasteiger partial charge on any atom is 0.269 e. The monoisotopic (exact) mass is 343 g/mol. The Balaban J connectivity index is 1.76. The Kier molecular flexibility index (Phi) is 4.54. The highest BCUT2D eigenvalue weighted by atomic mass is 32.2. The van der Waals surface area contributed by atoms with E-state index in [9.17, 15) is 4.79 Å². The Labute approximate surface area is 143 Å². The van der Waals surface area contributed by atoms with Crippen molar-refractivity contribution >= 4 is 44.4 Å². The number of amides is 1. The van der Waals surface area contributed by atoms with Crippen LogP contribution in [0.15, 0.2) is 41.3 Å². The van der Waals surface area contributed by atoms with Crippen LogP contribution < -0.4 is 10.9 Å². The molecule has 4 nitrogen and oxygen atoms in total. The van der Waals surface area contributed by atoms with Crippen molar-refractivity contribution in [2.45, 2.75) is 18.7 Å². The number of thioether (sulfide) groups is 1. The van der Waals surface area contributed by atoms with Gasteiger partial charge in [-0.2, -0.15) is 0 Å². The number of nitrogens with zero attached hydrogens (tertiary/aromatic N) is 1. The van der Waals surface area contributed by atoms with E-state index in [1.807, 2.05) is 31.4 Å². The van der Waals surface area contributed by atoms with Crippen molar-refractivity contribution in [3.63, 3.8) is 0 Å². The van der Waals surface area contributed by atoms with Gasteiger partial charge in [-0.05, 0) is 49.4 Å². The Bertz CT molecular complexity index is 834. The normalized spacial score (nSPS) is 10.7.